The van der Waals surface area contributed by atoms with Gasteiger partial charge in [-0.25, -0.2) is 4.39 Å². The maximum absolute atomic E-state index is 14.3. The SMILES string of the molecule is C[C@H](Sc1nnc(-c2ccccc2F)n1C1CC1)C(=O)NCC1CCCCC1. The minimum atomic E-state index is -0.299. The van der Waals surface area contributed by atoms with Gasteiger partial charge in [-0.3, -0.25) is 9.36 Å². The first-order valence-corrected chi connectivity index (χ1v) is 11.2. The monoisotopic (exact) mass is 402 g/mol. The van der Waals surface area contributed by atoms with Gasteiger partial charge in [0, 0.05) is 12.6 Å². The van der Waals surface area contributed by atoms with E-state index in [-0.39, 0.29) is 17.0 Å². The van der Waals surface area contributed by atoms with Gasteiger partial charge < -0.3 is 5.32 Å². The molecule has 1 heterocycles. The quantitative estimate of drug-likeness (QED) is 0.688. The number of nitrogens with one attached hydrogen (secondary N) is 1. The zero-order valence-corrected chi connectivity index (χ0v) is 17.1. The van der Waals surface area contributed by atoms with E-state index in [0.717, 1.165) is 19.4 Å². The van der Waals surface area contributed by atoms with E-state index in [1.807, 2.05) is 11.5 Å². The van der Waals surface area contributed by atoms with Gasteiger partial charge >= 0.3 is 0 Å². The van der Waals surface area contributed by atoms with Crippen molar-refractivity contribution < 1.29 is 9.18 Å². The van der Waals surface area contributed by atoms with Gasteiger partial charge in [0.25, 0.3) is 0 Å². The Kier molecular flexibility index (Phi) is 5.99. The smallest absolute Gasteiger partial charge is 0.233 e. The molecule has 0 aliphatic heterocycles. The minimum Gasteiger partial charge on any atom is -0.355 e. The lowest BCUT2D eigenvalue weighted by molar-refractivity contribution is -0.120. The number of carbonyl (C=O) groups excluding carboxylic acids is 1. The van der Waals surface area contributed by atoms with Gasteiger partial charge in [0.05, 0.1) is 10.8 Å². The van der Waals surface area contributed by atoms with E-state index >= 15 is 0 Å². The number of hydrogen-bond acceptors (Lipinski definition) is 4. The topological polar surface area (TPSA) is 59.8 Å². The van der Waals surface area contributed by atoms with Gasteiger partial charge in [-0.05, 0) is 50.7 Å². The Labute approximate surface area is 169 Å². The Balaban J connectivity index is 1.44. The number of nitrogens with zero attached hydrogens (tertiary/aromatic N) is 3. The fourth-order valence-electron chi connectivity index (χ4n) is 3.84. The van der Waals surface area contributed by atoms with E-state index in [0.29, 0.717) is 28.5 Å². The summed E-state index contributed by atoms with van der Waals surface area (Å²) in [6.07, 6.45) is 8.36. The molecule has 1 atom stereocenters. The lowest BCUT2D eigenvalue weighted by Crippen LogP contribution is -2.35. The van der Waals surface area contributed by atoms with Crippen LogP contribution in [-0.4, -0.2) is 32.5 Å². The van der Waals surface area contributed by atoms with Crippen molar-refractivity contribution in [3.63, 3.8) is 0 Å². The van der Waals surface area contributed by atoms with E-state index in [9.17, 15) is 9.18 Å². The molecule has 2 aliphatic rings. The number of benzene rings is 1. The summed E-state index contributed by atoms with van der Waals surface area (Å²) in [5.74, 6) is 0.899. The first-order valence-electron chi connectivity index (χ1n) is 10.3. The standard InChI is InChI=1S/C21H27FN4OS/c1-14(20(27)23-13-15-7-3-2-4-8-15)28-21-25-24-19(26(21)16-11-12-16)17-9-5-6-10-18(17)22/h5-6,9-10,14-16H,2-4,7-8,11-13H2,1H3,(H,23,27)/t14-/m0/s1. The molecule has 0 spiro atoms. The Hall–Kier alpha value is -1.89. The van der Waals surface area contributed by atoms with E-state index < -0.39 is 0 Å². The third kappa shape index (κ3) is 4.40. The third-order valence-electron chi connectivity index (χ3n) is 5.63. The summed E-state index contributed by atoms with van der Waals surface area (Å²) in [5, 5.41) is 12.1. The molecule has 4 rings (SSSR count). The van der Waals surface area contributed by atoms with Crippen LogP contribution >= 0.6 is 11.8 Å². The number of hydrogen-bond donors (Lipinski definition) is 1. The minimum absolute atomic E-state index is 0.0355. The van der Waals surface area contributed by atoms with Crippen molar-refractivity contribution in [1.29, 1.82) is 0 Å². The van der Waals surface area contributed by atoms with Gasteiger partial charge in [0.15, 0.2) is 11.0 Å². The van der Waals surface area contributed by atoms with Gasteiger partial charge in [-0.2, -0.15) is 0 Å². The second-order valence-electron chi connectivity index (χ2n) is 7.90. The highest BCUT2D eigenvalue weighted by molar-refractivity contribution is 8.00. The lowest BCUT2D eigenvalue weighted by Gasteiger charge is -2.22. The summed E-state index contributed by atoms with van der Waals surface area (Å²) in [5.41, 5.74) is 0.461. The van der Waals surface area contributed by atoms with Crippen LogP contribution in [0.15, 0.2) is 29.4 Å². The zero-order chi connectivity index (χ0) is 19.5. The van der Waals surface area contributed by atoms with Crippen molar-refractivity contribution in [3.8, 4) is 11.4 Å². The molecule has 1 aromatic heterocycles. The maximum atomic E-state index is 14.3. The number of thioether (sulfide) groups is 1. The normalized spacial score (nSPS) is 18.8. The third-order valence-corrected chi connectivity index (χ3v) is 6.69. The van der Waals surface area contributed by atoms with Crippen LogP contribution in [0, 0.1) is 11.7 Å². The van der Waals surface area contributed by atoms with Gasteiger partial charge in [-0.1, -0.05) is 43.2 Å². The predicted octanol–water partition coefficient (Wildman–Crippen LogP) is 4.60. The molecule has 2 saturated carbocycles. The summed E-state index contributed by atoms with van der Waals surface area (Å²) in [6.45, 7) is 2.66. The summed E-state index contributed by atoms with van der Waals surface area (Å²) in [6, 6.07) is 6.94. The zero-order valence-electron chi connectivity index (χ0n) is 16.2. The number of halogens is 1. The second kappa shape index (κ2) is 8.64. The molecule has 150 valence electrons. The number of aromatic nitrogens is 3. The van der Waals surface area contributed by atoms with Crippen LogP contribution in [0.2, 0.25) is 0 Å². The largest absolute Gasteiger partial charge is 0.355 e. The highest BCUT2D eigenvalue weighted by Crippen LogP contribution is 2.42. The fourth-order valence-corrected chi connectivity index (χ4v) is 4.78. The molecular formula is C21H27FN4OS. The number of carbonyl (C=O) groups is 1. The summed E-state index contributed by atoms with van der Waals surface area (Å²) in [7, 11) is 0. The van der Waals surface area contributed by atoms with Crippen LogP contribution in [0.3, 0.4) is 0 Å². The van der Waals surface area contributed by atoms with Gasteiger partial charge in [0.2, 0.25) is 5.91 Å². The van der Waals surface area contributed by atoms with Crippen LogP contribution in [0.1, 0.15) is 57.9 Å². The molecule has 5 nitrogen and oxygen atoms in total. The van der Waals surface area contributed by atoms with Crippen molar-refractivity contribution in [3.05, 3.63) is 30.1 Å². The van der Waals surface area contributed by atoms with Gasteiger partial charge in [0.1, 0.15) is 5.82 Å². The summed E-state index contributed by atoms with van der Waals surface area (Å²) >= 11 is 1.41. The molecule has 0 bridgehead atoms. The fraction of sp³-hybridized carbons (Fsp3) is 0.571. The second-order valence-corrected chi connectivity index (χ2v) is 9.20. The number of amides is 1. The Bertz CT molecular complexity index is 830. The molecule has 7 heteroatoms. The molecule has 1 aromatic carbocycles. The molecule has 1 amide bonds. The van der Waals surface area contributed by atoms with Crippen molar-refractivity contribution in [2.24, 2.45) is 5.92 Å². The van der Waals surface area contributed by atoms with E-state index in [4.69, 9.17) is 0 Å². The van der Waals surface area contributed by atoms with E-state index in [1.165, 1.54) is 49.9 Å². The molecule has 0 saturated heterocycles. The molecule has 2 aromatic rings. The molecule has 28 heavy (non-hydrogen) atoms. The summed E-state index contributed by atoms with van der Waals surface area (Å²) in [4.78, 5) is 12.6. The Morgan fingerprint density at radius 2 is 1.96 bits per heavy atom. The van der Waals surface area contributed by atoms with Crippen molar-refractivity contribution >= 4 is 17.7 Å². The first-order chi connectivity index (χ1) is 13.6. The molecule has 2 aliphatic carbocycles. The van der Waals surface area contributed by atoms with Crippen LogP contribution < -0.4 is 5.32 Å². The van der Waals surface area contributed by atoms with Gasteiger partial charge in [-0.15, -0.1) is 10.2 Å². The van der Waals surface area contributed by atoms with Crippen LogP contribution in [0.5, 0.6) is 0 Å². The van der Waals surface area contributed by atoms with Crippen molar-refractivity contribution in [1.82, 2.24) is 20.1 Å². The van der Waals surface area contributed by atoms with Crippen LogP contribution in [0.25, 0.3) is 11.4 Å². The molecule has 2 fully saturated rings. The average molecular weight is 403 g/mol. The molecular weight excluding hydrogens is 375 g/mol. The van der Waals surface area contributed by atoms with Crippen LogP contribution in [-0.2, 0) is 4.79 Å². The van der Waals surface area contributed by atoms with Crippen LogP contribution in [0.4, 0.5) is 4.39 Å². The van der Waals surface area contributed by atoms with Crippen molar-refractivity contribution in [2.45, 2.75) is 68.3 Å². The Morgan fingerprint density at radius 3 is 2.68 bits per heavy atom. The molecule has 0 unspecified atom stereocenters. The maximum Gasteiger partial charge on any atom is 0.233 e. The highest BCUT2D eigenvalue weighted by Gasteiger charge is 2.32. The first kappa shape index (κ1) is 19.4. The van der Waals surface area contributed by atoms with Crippen molar-refractivity contribution in [2.75, 3.05) is 6.54 Å². The molecule has 1 N–H and O–H groups in total. The lowest BCUT2D eigenvalue weighted by atomic mass is 9.89. The number of rotatable bonds is 7. The molecule has 0 radical (unpaired) electrons. The predicted molar refractivity (Wildman–Crippen MR) is 109 cm³/mol. The van der Waals surface area contributed by atoms with E-state index in [1.54, 1.807) is 18.2 Å². The Morgan fingerprint density at radius 1 is 1.21 bits per heavy atom. The summed E-state index contributed by atoms with van der Waals surface area (Å²) < 4.78 is 16.3. The van der Waals surface area contributed by atoms with E-state index in [2.05, 4.69) is 15.5 Å². The average Bonchev–Trinajstić information content (AvgIpc) is 3.47. The highest BCUT2D eigenvalue weighted by atomic mass is 32.2.